The number of rotatable bonds is 7. The Kier molecular flexibility index (Phi) is 15.5. The van der Waals surface area contributed by atoms with Gasteiger partial charge in [-0.25, -0.2) is 8.78 Å². The van der Waals surface area contributed by atoms with Gasteiger partial charge in [0.1, 0.15) is 15.8 Å². The highest BCUT2D eigenvalue weighted by molar-refractivity contribution is 6.51. The van der Waals surface area contributed by atoms with Gasteiger partial charge in [-0.05, 0) is 61.9 Å². The van der Waals surface area contributed by atoms with Gasteiger partial charge < -0.3 is 16.4 Å². The maximum Gasteiger partial charge on any atom is 0.172 e. The summed E-state index contributed by atoms with van der Waals surface area (Å²) in [4.78, 5) is 0. The van der Waals surface area contributed by atoms with Crippen LogP contribution in [0.15, 0.2) is 55.3 Å². The first-order valence-electron chi connectivity index (χ1n) is 12.3. The van der Waals surface area contributed by atoms with Crippen molar-refractivity contribution in [1.29, 1.82) is 0 Å². The van der Waals surface area contributed by atoms with E-state index in [4.69, 9.17) is 28.9 Å². The monoisotopic (exact) mass is 541 g/mol. The lowest BCUT2D eigenvalue weighted by Gasteiger charge is -2.13. The molecule has 2 aromatic rings. The zero-order valence-corrected chi connectivity index (χ0v) is 24.3. The Hall–Kier alpha value is -2.24. The Morgan fingerprint density at radius 2 is 1.81 bits per heavy atom. The molecule has 0 heterocycles. The van der Waals surface area contributed by atoms with Crippen LogP contribution in [0, 0.1) is 37.3 Å². The van der Waals surface area contributed by atoms with E-state index >= 15 is 0 Å². The smallest absolute Gasteiger partial charge is 0.172 e. The Morgan fingerprint density at radius 1 is 1.22 bits per heavy atom. The minimum atomic E-state index is -0.827. The van der Waals surface area contributed by atoms with E-state index in [2.05, 4.69) is 50.6 Å². The van der Waals surface area contributed by atoms with Crippen molar-refractivity contribution in [1.82, 2.24) is 0 Å². The molecule has 2 aromatic carbocycles. The predicted molar refractivity (Wildman–Crippen MR) is 157 cm³/mol. The standard InChI is InChI=1S/C12H12Cl2F2N2.C8H11N.C7H14.C2H6/c1-6(7-5-12(7,13)14)18-9-4-3-8(15)11(17-2)10(9)16;1-6-4-3-5-8(9)7(6)2;1-4-6-7(3)5-2;1-2/h3-4,7,17-18H,1,5H2,2H3;3-5H,9H2,1-2H3;5,7H,2,4,6H2,1,3H3;1-2H3. The summed E-state index contributed by atoms with van der Waals surface area (Å²) < 4.78 is 26.3. The average molecular weight is 543 g/mol. The molecule has 1 saturated carbocycles. The molecule has 1 aliphatic carbocycles. The summed E-state index contributed by atoms with van der Waals surface area (Å²) in [6, 6.07) is 8.43. The lowest BCUT2D eigenvalue weighted by atomic mass is 10.1. The highest BCUT2D eigenvalue weighted by Crippen LogP contribution is 2.56. The number of alkyl halides is 2. The molecule has 36 heavy (non-hydrogen) atoms. The number of hydrogen-bond acceptors (Lipinski definition) is 3. The van der Waals surface area contributed by atoms with Crippen LogP contribution in [0.4, 0.5) is 25.8 Å². The summed E-state index contributed by atoms with van der Waals surface area (Å²) in [7, 11) is 1.45. The zero-order valence-electron chi connectivity index (χ0n) is 22.7. The fourth-order valence-electron chi connectivity index (χ4n) is 3.08. The van der Waals surface area contributed by atoms with Crippen LogP contribution in [0.1, 0.15) is 58.1 Å². The molecule has 4 N–H and O–H groups in total. The third-order valence-electron chi connectivity index (χ3n) is 5.68. The summed E-state index contributed by atoms with van der Waals surface area (Å²) in [5.41, 5.74) is 9.43. The van der Waals surface area contributed by atoms with Crippen molar-refractivity contribution in [3.05, 3.63) is 78.0 Å². The van der Waals surface area contributed by atoms with E-state index in [-0.39, 0.29) is 17.3 Å². The molecule has 0 radical (unpaired) electrons. The van der Waals surface area contributed by atoms with Gasteiger partial charge in [-0.1, -0.05) is 58.9 Å². The number of benzene rings is 2. The molecular formula is C29H43Cl2F2N3. The molecule has 3 rings (SSSR count). The Bertz CT molecular complexity index is 957. The maximum atomic E-state index is 13.9. The normalized spacial score (nSPS) is 15.4. The van der Waals surface area contributed by atoms with Gasteiger partial charge >= 0.3 is 0 Å². The predicted octanol–water partition coefficient (Wildman–Crippen LogP) is 9.65. The number of nitrogens with one attached hydrogen (secondary N) is 2. The number of halogens is 4. The second-order valence-electron chi connectivity index (χ2n) is 8.49. The Morgan fingerprint density at radius 3 is 2.19 bits per heavy atom. The van der Waals surface area contributed by atoms with Crippen LogP contribution in [-0.2, 0) is 0 Å². The molecule has 2 atom stereocenters. The molecule has 0 aromatic heterocycles. The summed E-state index contributed by atoms with van der Waals surface area (Å²) in [6.07, 6.45) is 5.13. The molecular weight excluding hydrogens is 499 g/mol. The summed E-state index contributed by atoms with van der Waals surface area (Å²) in [5.74, 6) is -0.760. The summed E-state index contributed by atoms with van der Waals surface area (Å²) >= 11 is 11.8. The number of nitrogens with two attached hydrogens (primary N) is 1. The van der Waals surface area contributed by atoms with Crippen molar-refractivity contribution in [3.8, 4) is 0 Å². The number of allylic oxidation sites excluding steroid dienone is 2. The number of aryl methyl sites for hydroxylation is 1. The second-order valence-corrected chi connectivity index (χ2v) is 10.0. The molecule has 0 aliphatic heterocycles. The Labute approximate surface area is 227 Å². The lowest BCUT2D eigenvalue weighted by Crippen LogP contribution is -2.07. The fraction of sp³-hybridized carbons (Fsp3) is 0.448. The first-order chi connectivity index (χ1) is 16.9. The molecule has 0 bridgehead atoms. The van der Waals surface area contributed by atoms with E-state index in [0.29, 0.717) is 18.0 Å². The molecule has 1 aliphatic rings. The van der Waals surface area contributed by atoms with Crippen LogP contribution >= 0.6 is 23.2 Å². The van der Waals surface area contributed by atoms with E-state index in [0.717, 1.165) is 5.69 Å². The maximum absolute atomic E-state index is 13.9. The second kappa shape index (κ2) is 16.5. The molecule has 0 saturated heterocycles. The highest BCUT2D eigenvalue weighted by Gasteiger charge is 2.53. The van der Waals surface area contributed by atoms with E-state index in [9.17, 15) is 8.78 Å². The lowest BCUT2D eigenvalue weighted by molar-refractivity contribution is 0.592. The topological polar surface area (TPSA) is 50.1 Å². The van der Waals surface area contributed by atoms with Crippen LogP contribution in [-0.4, -0.2) is 11.4 Å². The van der Waals surface area contributed by atoms with Gasteiger partial charge in [0.25, 0.3) is 0 Å². The van der Waals surface area contributed by atoms with Gasteiger partial charge in [0.15, 0.2) is 5.82 Å². The number of anilines is 3. The van der Waals surface area contributed by atoms with Crippen molar-refractivity contribution in [2.75, 3.05) is 23.4 Å². The van der Waals surface area contributed by atoms with Gasteiger partial charge in [0.05, 0.1) is 5.69 Å². The fourth-order valence-corrected chi connectivity index (χ4v) is 3.65. The number of nitrogen functional groups attached to an aromatic ring is 1. The molecule has 0 spiro atoms. The van der Waals surface area contributed by atoms with Crippen LogP contribution in [0.2, 0.25) is 0 Å². The molecule has 2 unspecified atom stereocenters. The van der Waals surface area contributed by atoms with Gasteiger partial charge in [0.2, 0.25) is 0 Å². The number of hydrogen-bond donors (Lipinski definition) is 3. The van der Waals surface area contributed by atoms with Crippen LogP contribution < -0.4 is 16.4 Å². The van der Waals surface area contributed by atoms with Gasteiger partial charge in [0, 0.05) is 24.4 Å². The largest absolute Gasteiger partial charge is 0.399 e. The summed E-state index contributed by atoms with van der Waals surface area (Å²) in [5, 5.41) is 5.25. The van der Waals surface area contributed by atoms with Crippen molar-refractivity contribution in [3.63, 3.8) is 0 Å². The van der Waals surface area contributed by atoms with Gasteiger partial charge in [-0.2, -0.15) is 0 Å². The van der Waals surface area contributed by atoms with E-state index in [1.54, 1.807) is 0 Å². The first kappa shape index (κ1) is 33.8. The molecule has 202 valence electrons. The molecule has 7 heteroatoms. The van der Waals surface area contributed by atoms with Crippen LogP contribution in [0.5, 0.6) is 0 Å². The minimum absolute atomic E-state index is 0.122. The third kappa shape index (κ3) is 10.8. The first-order valence-corrected chi connectivity index (χ1v) is 13.1. The van der Waals surface area contributed by atoms with Crippen molar-refractivity contribution in [2.45, 2.75) is 65.1 Å². The third-order valence-corrected chi connectivity index (χ3v) is 6.51. The SMILES string of the molecule is C=C(Nc1ccc(F)c(NC)c1F)C1CC1(Cl)Cl.C=CC(C)CCC.CC.Cc1cccc(N)c1C. The Balaban J connectivity index is 0.000000569. The van der Waals surface area contributed by atoms with Crippen LogP contribution in [0.3, 0.4) is 0 Å². The van der Waals surface area contributed by atoms with Crippen molar-refractivity contribution >= 4 is 40.3 Å². The quantitative estimate of drug-likeness (QED) is 0.185. The van der Waals surface area contributed by atoms with Gasteiger partial charge in [-0.15, -0.1) is 29.8 Å². The average Bonchev–Trinajstić information content (AvgIpc) is 3.50. The van der Waals surface area contributed by atoms with Crippen LogP contribution in [0.25, 0.3) is 0 Å². The summed E-state index contributed by atoms with van der Waals surface area (Å²) in [6.45, 7) is 19.9. The van der Waals surface area contributed by atoms with Crippen molar-refractivity contribution in [2.24, 2.45) is 11.8 Å². The van der Waals surface area contributed by atoms with E-state index in [1.807, 2.05) is 39.0 Å². The molecule has 1 fully saturated rings. The van der Waals surface area contributed by atoms with Gasteiger partial charge in [-0.3, -0.25) is 0 Å². The minimum Gasteiger partial charge on any atom is -0.399 e. The molecule has 0 amide bonds. The molecule has 3 nitrogen and oxygen atoms in total. The van der Waals surface area contributed by atoms with E-state index < -0.39 is 16.0 Å². The van der Waals surface area contributed by atoms with Crippen molar-refractivity contribution < 1.29 is 8.78 Å². The van der Waals surface area contributed by atoms with E-state index in [1.165, 1.54) is 43.1 Å². The zero-order chi connectivity index (χ0) is 28.1. The highest BCUT2D eigenvalue weighted by atomic mass is 35.5.